The molecule has 0 bridgehead atoms. The summed E-state index contributed by atoms with van der Waals surface area (Å²) < 4.78 is 5.27. The molecule has 0 aliphatic carbocycles. The van der Waals surface area contributed by atoms with E-state index in [2.05, 4.69) is 11.9 Å². The van der Waals surface area contributed by atoms with Crippen LogP contribution in [-0.4, -0.2) is 53.8 Å². The van der Waals surface area contributed by atoms with E-state index >= 15 is 0 Å². The third kappa shape index (κ3) is 3.96. The zero-order valence-electron chi connectivity index (χ0n) is 11.4. The van der Waals surface area contributed by atoms with E-state index in [-0.39, 0.29) is 6.03 Å². The van der Waals surface area contributed by atoms with E-state index < -0.39 is 11.5 Å². The highest BCUT2D eigenvalue weighted by Crippen LogP contribution is 2.28. The Bertz CT molecular complexity index is 346. The summed E-state index contributed by atoms with van der Waals surface area (Å²) in [5, 5.41) is 11.9. The van der Waals surface area contributed by atoms with Gasteiger partial charge in [0.15, 0.2) is 0 Å². The van der Waals surface area contributed by atoms with Crippen LogP contribution in [0.3, 0.4) is 0 Å². The van der Waals surface area contributed by atoms with Crippen LogP contribution in [0.15, 0.2) is 12.7 Å². The van der Waals surface area contributed by atoms with Crippen LogP contribution in [0.25, 0.3) is 0 Å². The monoisotopic (exact) mass is 270 g/mol. The number of rotatable bonds is 7. The van der Waals surface area contributed by atoms with Gasteiger partial charge in [-0.05, 0) is 26.2 Å². The Labute approximate surface area is 113 Å². The van der Waals surface area contributed by atoms with Crippen molar-refractivity contribution in [1.29, 1.82) is 0 Å². The third-order valence-corrected chi connectivity index (χ3v) is 3.34. The van der Waals surface area contributed by atoms with Gasteiger partial charge in [0, 0.05) is 13.1 Å². The van der Waals surface area contributed by atoms with E-state index in [9.17, 15) is 14.7 Å². The molecule has 0 aromatic carbocycles. The maximum Gasteiger partial charge on any atom is 0.329 e. The minimum atomic E-state index is -1.09. The smallest absolute Gasteiger partial charge is 0.329 e. The van der Waals surface area contributed by atoms with E-state index in [1.807, 2.05) is 0 Å². The summed E-state index contributed by atoms with van der Waals surface area (Å²) in [7, 11) is 0. The first-order valence-corrected chi connectivity index (χ1v) is 6.50. The van der Waals surface area contributed by atoms with Crippen LogP contribution in [-0.2, 0) is 9.53 Å². The predicted molar refractivity (Wildman–Crippen MR) is 71.0 cm³/mol. The number of ether oxygens (including phenoxy) is 1. The number of nitrogens with zero attached hydrogens (tertiary/aromatic N) is 1. The normalized spacial score (nSPS) is 22.3. The molecule has 0 spiro atoms. The number of likely N-dealkylation sites (tertiary alicyclic amines) is 1. The van der Waals surface area contributed by atoms with Gasteiger partial charge in [-0.15, -0.1) is 6.58 Å². The summed E-state index contributed by atoms with van der Waals surface area (Å²) in [5.41, 5.74) is -1.09. The molecule has 2 N–H and O–H groups in total. The molecular weight excluding hydrogens is 248 g/mol. The Morgan fingerprint density at radius 1 is 1.53 bits per heavy atom. The summed E-state index contributed by atoms with van der Waals surface area (Å²) in [6.45, 7) is 7.01. The van der Waals surface area contributed by atoms with Gasteiger partial charge in [-0.3, -0.25) is 0 Å². The van der Waals surface area contributed by atoms with Gasteiger partial charge in [-0.2, -0.15) is 0 Å². The second-order valence-corrected chi connectivity index (χ2v) is 4.76. The molecule has 1 saturated heterocycles. The zero-order valence-corrected chi connectivity index (χ0v) is 11.4. The van der Waals surface area contributed by atoms with Crippen molar-refractivity contribution in [3.63, 3.8) is 0 Å². The number of nitrogens with one attached hydrogen (secondary N) is 1. The van der Waals surface area contributed by atoms with Crippen molar-refractivity contribution in [2.24, 2.45) is 0 Å². The number of aliphatic carboxylic acids is 1. The number of amides is 2. The average molecular weight is 270 g/mol. The molecule has 6 nitrogen and oxygen atoms in total. The lowest BCUT2D eigenvalue weighted by molar-refractivity contribution is -0.147. The molecule has 108 valence electrons. The Balaban J connectivity index is 2.33. The maximum absolute atomic E-state index is 11.9. The van der Waals surface area contributed by atoms with Crippen LogP contribution in [0, 0.1) is 0 Å². The van der Waals surface area contributed by atoms with Gasteiger partial charge < -0.3 is 20.1 Å². The van der Waals surface area contributed by atoms with E-state index in [0.717, 1.165) is 6.42 Å². The van der Waals surface area contributed by atoms with Gasteiger partial charge in [-0.1, -0.05) is 6.08 Å². The minimum absolute atomic E-state index is 0.338. The molecule has 2 amide bonds. The highest BCUT2D eigenvalue weighted by molar-refractivity contribution is 5.86. The highest BCUT2D eigenvalue weighted by atomic mass is 16.5. The molecule has 1 atom stereocenters. The van der Waals surface area contributed by atoms with Crippen molar-refractivity contribution < 1.29 is 19.4 Å². The van der Waals surface area contributed by atoms with Crippen LogP contribution in [0.4, 0.5) is 4.79 Å². The maximum atomic E-state index is 11.9. The summed E-state index contributed by atoms with van der Waals surface area (Å²) >= 11 is 0. The first-order valence-electron chi connectivity index (χ1n) is 6.50. The average Bonchev–Trinajstić information content (AvgIpc) is 2.77. The summed E-state index contributed by atoms with van der Waals surface area (Å²) in [6.07, 6.45) is 3.75. The lowest BCUT2D eigenvalue weighted by Crippen LogP contribution is -2.54. The first-order chi connectivity index (χ1) is 9.02. The molecule has 1 fully saturated rings. The van der Waals surface area contributed by atoms with Gasteiger partial charge in [-0.25, -0.2) is 9.59 Å². The molecular formula is C13H22N2O4. The summed E-state index contributed by atoms with van der Waals surface area (Å²) in [6, 6.07) is -0.338. The third-order valence-electron chi connectivity index (χ3n) is 3.34. The highest BCUT2D eigenvalue weighted by Gasteiger charge is 2.45. The molecule has 1 rings (SSSR count). The fraction of sp³-hybridized carbons (Fsp3) is 0.692. The van der Waals surface area contributed by atoms with Gasteiger partial charge >= 0.3 is 12.0 Å². The molecule has 0 aromatic heterocycles. The first kappa shape index (κ1) is 15.5. The van der Waals surface area contributed by atoms with E-state index in [4.69, 9.17) is 4.74 Å². The Morgan fingerprint density at radius 3 is 2.89 bits per heavy atom. The lowest BCUT2D eigenvalue weighted by Gasteiger charge is -2.31. The van der Waals surface area contributed by atoms with Gasteiger partial charge in [0.1, 0.15) is 5.54 Å². The number of urea groups is 1. The standard InChI is InChI=1S/C13H22N2O4/c1-3-4-9-19-10-7-14-12(18)15-8-5-6-13(15,2)11(16)17/h3H,1,4-10H2,2H3,(H,14,18)(H,16,17). The largest absolute Gasteiger partial charge is 0.480 e. The molecule has 0 aromatic rings. The molecule has 0 radical (unpaired) electrons. The van der Waals surface area contributed by atoms with Gasteiger partial charge in [0.2, 0.25) is 0 Å². The molecule has 0 saturated carbocycles. The van der Waals surface area contributed by atoms with E-state index in [0.29, 0.717) is 39.1 Å². The molecule has 1 aliphatic heterocycles. The number of hydrogen-bond donors (Lipinski definition) is 2. The molecule has 1 aliphatic rings. The van der Waals surface area contributed by atoms with Crippen LogP contribution in [0.1, 0.15) is 26.2 Å². The number of carbonyl (C=O) groups is 2. The van der Waals surface area contributed by atoms with Crippen molar-refractivity contribution in [3.8, 4) is 0 Å². The van der Waals surface area contributed by atoms with Crippen LogP contribution in [0.5, 0.6) is 0 Å². The Hall–Kier alpha value is -1.56. The van der Waals surface area contributed by atoms with Crippen LogP contribution in [0.2, 0.25) is 0 Å². The van der Waals surface area contributed by atoms with E-state index in [1.165, 1.54) is 4.90 Å². The number of hydrogen-bond acceptors (Lipinski definition) is 3. The predicted octanol–water partition coefficient (Wildman–Crippen LogP) is 1.23. The second kappa shape index (κ2) is 7.13. The molecule has 1 unspecified atom stereocenters. The Kier molecular flexibility index (Phi) is 5.82. The summed E-state index contributed by atoms with van der Waals surface area (Å²) in [4.78, 5) is 24.6. The summed E-state index contributed by atoms with van der Waals surface area (Å²) in [5.74, 6) is -0.956. The van der Waals surface area contributed by atoms with Crippen molar-refractivity contribution in [1.82, 2.24) is 10.2 Å². The van der Waals surface area contributed by atoms with Crippen LogP contribution >= 0.6 is 0 Å². The van der Waals surface area contributed by atoms with Crippen molar-refractivity contribution >= 4 is 12.0 Å². The fourth-order valence-corrected chi connectivity index (χ4v) is 2.11. The number of carboxylic acids is 1. The Morgan fingerprint density at radius 2 is 2.26 bits per heavy atom. The molecule has 1 heterocycles. The SMILES string of the molecule is C=CCCOCCNC(=O)N1CCCC1(C)C(=O)O. The van der Waals surface area contributed by atoms with Gasteiger partial charge in [0.25, 0.3) is 0 Å². The van der Waals surface area contributed by atoms with Crippen molar-refractivity contribution in [2.75, 3.05) is 26.3 Å². The fourth-order valence-electron chi connectivity index (χ4n) is 2.11. The van der Waals surface area contributed by atoms with Gasteiger partial charge in [0.05, 0.1) is 13.2 Å². The zero-order chi connectivity index (χ0) is 14.3. The minimum Gasteiger partial charge on any atom is -0.480 e. The molecule has 19 heavy (non-hydrogen) atoms. The lowest BCUT2D eigenvalue weighted by atomic mass is 10.00. The topological polar surface area (TPSA) is 78.9 Å². The van der Waals surface area contributed by atoms with Crippen LogP contribution < -0.4 is 5.32 Å². The van der Waals surface area contributed by atoms with E-state index in [1.54, 1.807) is 13.0 Å². The quantitative estimate of drug-likeness (QED) is 0.538. The molecule has 6 heteroatoms. The second-order valence-electron chi connectivity index (χ2n) is 4.76. The van der Waals surface area contributed by atoms with Crippen molar-refractivity contribution in [2.45, 2.75) is 31.7 Å². The number of carboxylic acid groups (broad SMARTS) is 1. The number of carbonyl (C=O) groups excluding carboxylic acids is 1. The van der Waals surface area contributed by atoms with Crippen molar-refractivity contribution in [3.05, 3.63) is 12.7 Å².